The second kappa shape index (κ2) is 13.4. The number of halogens is 5. The van der Waals surface area contributed by atoms with Crippen molar-refractivity contribution in [3.63, 3.8) is 0 Å². The van der Waals surface area contributed by atoms with Crippen LogP contribution in [0.1, 0.15) is 15.9 Å². The number of morpholine rings is 1. The fourth-order valence-corrected chi connectivity index (χ4v) is 6.30. The molecular weight excluding hydrogens is 667 g/mol. The highest BCUT2D eigenvalue weighted by Gasteiger charge is 2.46. The molecule has 6 rings (SSSR count). The Hall–Kier alpha value is -5.57. The molecule has 5 aromatic rings. The van der Waals surface area contributed by atoms with E-state index in [0.29, 0.717) is 50.8 Å². The number of nitrogens with zero attached hydrogens (tertiary/aromatic N) is 3. The summed E-state index contributed by atoms with van der Waals surface area (Å²) in [6.45, 7) is -1.16. The third kappa shape index (κ3) is 6.19. The third-order valence-electron chi connectivity index (χ3n) is 8.71. The SMILES string of the molecule is COc1c(-c2ccc(C[C@H](NC(=O)c3c(F)cc(N4CCOCC4C(F)(F)F)cc3F)C(=O)O)c3cccnc23)c(=O)n(C)c2ccccc12. The van der Waals surface area contributed by atoms with Crippen LogP contribution in [0.3, 0.4) is 0 Å². The van der Waals surface area contributed by atoms with Crippen LogP contribution in [-0.2, 0) is 23.0 Å². The number of hydrogen-bond acceptors (Lipinski definition) is 7. The van der Waals surface area contributed by atoms with Gasteiger partial charge >= 0.3 is 12.1 Å². The lowest BCUT2D eigenvalue weighted by molar-refractivity contribution is -0.167. The van der Waals surface area contributed by atoms with Gasteiger partial charge in [-0.1, -0.05) is 30.3 Å². The van der Waals surface area contributed by atoms with Crippen molar-refractivity contribution in [3.05, 3.63) is 100.0 Å². The van der Waals surface area contributed by atoms with E-state index >= 15 is 8.78 Å². The molecule has 3 aromatic carbocycles. The van der Waals surface area contributed by atoms with Gasteiger partial charge < -0.3 is 29.4 Å². The maximum Gasteiger partial charge on any atom is 0.411 e. The second-order valence-electron chi connectivity index (χ2n) is 11.6. The molecule has 2 aromatic heterocycles. The molecule has 1 fully saturated rings. The third-order valence-corrected chi connectivity index (χ3v) is 8.71. The van der Waals surface area contributed by atoms with Gasteiger partial charge in [-0.3, -0.25) is 14.6 Å². The molecular formula is C35H29F5N4O6. The van der Waals surface area contributed by atoms with Gasteiger partial charge in [-0.2, -0.15) is 13.2 Å². The van der Waals surface area contributed by atoms with Crippen molar-refractivity contribution >= 4 is 39.4 Å². The molecule has 260 valence electrons. The van der Waals surface area contributed by atoms with Gasteiger partial charge in [0.25, 0.3) is 11.5 Å². The first-order valence-electron chi connectivity index (χ1n) is 15.3. The molecule has 1 aliphatic rings. The molecule has 10 nitrogen and oxygen atoms in total. The molecule has 15 heteroatoms. The van der Waals surface area contributed by atoms with Gasteiger partial charge in [0, 0.05) is 48.2 Å². The van der Waals surface area contributed by atoms with Crippen molar-refractivity contribution in [2.75, 3.05) is 31.8 Å². The summed E-state index contributed by atoms with van der Waals surface area (Å²) in [6, 6.07) is 10.9. The van der Waals surface area contributed by atoms with Crippen molar-refractivity contribution in [2.24, 2.45) is 7.05 Å². The van der Waals surface area contributed by atoms with Crippen LogP contribution in [-0.4, -0.2) is 71.7 Å². The molecule has 3 heterocycles. The number of aliphatic carboxylic acids is 1. The van der Waals surface area contributed by atoms with E-state index in [1.165, 1.54) is 17.9 Å². The zero-order valence-corrected chi connectivity index (χ0v) is 26.6. The number of aromatic nitrogens is 2. The number of rotatable bonds is 8. The smallest absolute Gasteiger partial charge is 0.411 e. The van der Waals surface area contributed by atoms with E-state index in [-0.39, 0.29) is 30.7 Å². The zero-order valence-electron chi connectivity index (χ0n) is 26.6. The molecule has 0 bridgehead atoms. The maximum absolute atomic E-state index is 15.2. The Labute approximate surface area is 280 Å². The molecule has 1 saturated heterocycles. The van der Waals surface area contributed by atoms with Gasteiger partial charge in [0.2, 0.25) is 0 Å². The Morgan fingerprint density at radius 2 is 1.78 bits per heavy atom. The van der Waals surface area contributed by atoms with Crippen LogP contribution >= 0.6 is 0 Å². The van der Waals surface area contributed by atoms with Crippen LogP contribution in [0, 0.1) is 11.6 Å². The van der Waals surface area contributed by atoms with E-state index in [1.807, 2.05) is 6.07 Å². The minimum Gasteiger partial charge on any atom is -0.495 e. The standard InChI is InChI=1S/C35H29F5N4O6/c1-43-26-8-4-3-6-21(26)31(49-2)28(33(43)46)22-10-9-18(20-7-5-11-41-30(20)22)14-25(34(47)48)42-32(45)29-23(36)15-19(16-24(29)37)44-12-13-50-17-27(44)35(38,39)40/h3-11,15-16,25,27H,12-14,17H2,1-2H3,(H,42,45)(H,47,48)/t25-,27?/m0/s1. The molecule has 50 heavy (non-hydrogen) atoms. The van der Waals surface area contributed by atoms with Crippen LogP contribution in [0.4, 0.5) is 27.6 Å². The molecule has 0 spiro atoms. The van der Waals surface area contributed by atoms with Crippen molar-refractivity contribution < 1.29 is 46.1 Å². The molecule has 0 saturated carbocycles. The van der Waals surface area contributed by atoms with E-state index in [1.54, 1.807) is 49.5 Å². The number of amides is 1. The summed E-state index contributed by atoms with van der Waals surface area (Å²) >= 11 is 0. The Morgan fingerprint density at radius 1 is 1.08 bits per heavy atom. The first-order chi connectivity index (χ1) is 23.8. The number of anilines is 1. The first kappa shape index (κ1) is 34.3. The normalized spacial score (nSPS) is 15.7. The van der Waals surface area contributed by atoms with Gasteiger partial charge in [-0.15, -0.1) is 0 Å². The maximum atomic E-state index is 15.2. The van der Waals surface area contributed by atoms with Crippen LogP contribution in [0.5, 0.6) is 5.75 Å². The van der Waals surface area contributed by atoms with Crippen molar-refractivity contribution in [1.82, 2.24) is 14.9 Å². The van der Waals surface area contributed by atoms with E-state index in [0.717, 1.165) is 4.90 Å². The number of carboxylic acid groups (broad SMARTS) is 1. The molecule has 1 amide bonds. The lowest BCUT2D eigenvalue weighted by Crippen LogP contribution is -2.53. The second-order valence-corrected chi connectivity index (χ2v) is 11.6. The Balaban J connectivity index is 1.33. The van der Waals surface area contributed by atoms with Crippen LogP contribution in [0.2, 0.25) is 0 Å². The number of pyridine rings is 2. The number of methoxy groups -OCH3 is 1. The number of para-hydroxylation sites is 1. The average molecular weight is 697 g/mol. The number of ether oxygens (including phenoxy) is 2. The zero-order chi connectivity index (χ0) is 35.9. The fraction of sp³-hybridized carbons (Fsp3) is 0.257. The monoisotopic (exact) mass is 696 g/mol. The number of benzene rings is 3. The van der Waals surface area contributed by atoms with Gasteiger partial charge in [0.1, 0.15) is 35.0 Å². The highest BCUT2D eigenvalue weighted by atomic mass is 19.4. The molecule has 0 radical (unpaired) electrons. The summed E-state index contributed by atoms with van der Waals surface area (Å²) in [6.07, 6.45) is -3.63. The number of aryl methyl sites for hydroxylation is 1. The molecule has 1 unspecified atom stereocenters. The minimum absolute atomic E-state index is 0.115. The summed E-state index contributed by atoms with van der Waals surface area (Å²) in [5.41, 5.74) is 0.00402. The fourth-order valence-electron chi connectivity index (χ4n) is 6.30. The molecule has 0 aliphatic carbocycles. The van der Waals surface area contributed by atoms with Crippen LogP contribution < -0.4 is 20.5 Å². The Kier molecular flexibility index (Phi) is 9.18. The van der Waals surface area contributed by atoms with Gasteiger partial charge in [0.05, 0.1) is 36.9 Å². The van der Waals surface area contributed by atoms with E-state index in [2.05, 4.69) is 10.3 Å². The van der Waals surface area contributed by atoms with Gasteiger partial charge in [-0.05, 0) is 35.9 Å². The summed E-state index contributed by atoms with van der Waals surface area (Å²) in [5, 5.41) is 13.3. The lowest BCUT2D eigenvalue weighted by atomic mass is 9.94. The summed E-state index contributed by atoms with van der Waals surface area (Å²) in [7, 11) is 3.06. The van der Waals surface area contributed by atoms with E-state index in [4.69, 9.17) is 9.47 Å². The van der Waals surface area contributed by atoms with Gasteiger partial charge in [0.15, 0.2) is 0 Å². The van der Waals surface area contributed by atoms with Crippen LogP contribution in [0.25, 0.3) is 32.9 Å². The topological polar surface area (TPSA) is 123 Å². The number of nitrogens with one attached hydrogen (secondary N) is 1. The Bertz CT molecular complexity index is 2180. The predicted octanol–water partition coefficient (Wildman–Crippen LogP) is 5.23. The summed E-state index contributed by atoms with van der Waals surface area (Å²) < 4.78 is 83.2. The Morgan fingerprint density at radius 3 is 2.46 bits per heavy atom. The lowest BCUT2D eigenvalue weighted by Gasteiger charge is -2.38. The first-order valence-corrected chi connectivity index (χ1v) is 15.3. The highest BCUT2D eigenvalue weighted by molar-refractivity contribution is 6.02. The summed E-state index contributed by atoms with van der Waals surface area (Å²) in [5.74, 6) is -5.57. The molecule has 2 atom stereocenters. The number of carboxylic acids is 1. The predicted molar refractivity (Wildman–Crippen MR) is 173 cm³/mol. The van der Waals surface area contributed by atoms with Crippen molar-refractivity contribution in [3.8, 4) is 16.9 Å². The molecule has 1 aliphatic heterocycles. The highest BCUT2D eigenvalue weighted by Crippen LogP contribution is 2.38. The van der Waals surface area contributed by atoms with Crippen LogP contribution in [0.15, 0.2) is 71.7 Å². The minimum atomic E-state index is -4.76. The van der Waals surface area contributed by atoms with Crippen molar-refractivity contribution in [2.45, 2.75) is 24.7 Å². The number of carbonyl (C=O) groups excluding carboxylic acids is 1. The number of carbonyl (C=O) groups is 2. The number of hydrogen-bond donors (Lipinski definition) is 2. The quantitative estimate of drug-likeness (QED) is 0.212. The molecule has 2 N–H and O–H groups in total. The van der Waals surface area contributed by atoms with Crippen molar-refractivity contribution in [1.29, 1.82) is 0 Å². The number of fused-ring (bicyclic) bond motifs is 2. The average Bonchev–Trinajstić information content (AvgIpc) is 3.09. The number of alkyl halides is 3. The van der Waals surface area contributed by atoms with E-state index < -0.39 is 59.6 Å². The van der Waals surface area contributed by atoms with Gasteiger partial charge in [-0.25, -0.2) is 13.6 Å². The van der Waals surface area contributed by atoms with E-state index in [9.17, 15) is 32.7 Å². The summed E-state index contributed by atoms with van der Waals surface area (Å²) in [4.78, 5) is 44.3. The largest absolute Gasteiger partial charge is 0.495 e.